The van der Waals surface area contributed by atoms with Crippen molar-refractivity contribution in [3.05, 3.63) is 29.1 Å². The molecule has 0 aliphatic heterocycles. The van der Waals surface area contributed by atoms with E-state index in [1.807, 2.05) is 0 Å². The number of hydrogen-bond acceptors (Lipinski definition) is 2. The van der Waals surface area contributed by atoms with E-state index in [1.54, 1.807) is 0 Å². The van der Waals surface area contributed by atoms with Gasteiger partial charge in [-0.1, -0.05) is 0 Å². The number of ether oxygens (including phenoxy) is 1. The molecule has 96 valence electrons. The molecule has 0 bridgehead atoms. The van der Waals surface area contributed by atoms with Crippen LogP contribution in [-0.4, -0.2) is 17.8 Å². The predicted molar refractivity (Wildman–Crippen MR) is 48.0 cm³/mol. The van der Waals surface area contributed by atoms with Crippen LogP contribution in [0.5, 0.6) is 5.75 Å². The van der Waals surface area contributed by atoms with E-state index < -0.39 is 40.9 Å². The number of halogens is 5. The Hall–Kier alpha value is -1.37. The van der Waals surface area contributed by atoms with Crippen molar-refractivity contribution in [1.82, 2.24) is 0 Å². The van der Waals surface area contributed by atoms with Crippen LogP contribution in [0.3, 0.4) is 0 Å². The SMILES string of the molecule is CC(O)CCOc1c(F)c(F)c(F)c(F)c1F. The largest absolute Gasteiger partial charge is 0.487 e. The van der Waals surface area contributed by atoms with Gasteiger partial charge in [-0.25, -0.2) is 13.2 Å². The number of hydrogen-bond donors (Lipinski definition) is 1. The molecular weight excluding hydrogens is 247 g/mol. The fraction of sp³-hybridized carbons (Fsp3) is 0.400. The Morgan fingerprint density at radius 3 is 1.76 bits per heavy atom. The predicted octanol–water partition coefficient (Wildman–Crippen LogP) is 2.53. The Labute approximate surface area is 93.6 Å². The summed E-state index contributed by atoms with van der Waals surface area (Å²) in [7, 11) is 0. The Morgan fingerprint density at radius 1 is 0.941 bits per heavy atom. The minimum absolute atomic E-state index is 0.000501. The quantitative estimate of drug-likeness (QED) is 0.509. The molecule has 0 aromatic heterocycles. The fourth-order valence-corrected chi connectivity index (χ4v) is 1.04. The normalized spacial score (nSPS) is 12.6. The van der Waals surface area contributed by atoms with Crippen LogP contribution in [0.1, 0.15) is 13.3 Å². The summed E-state index contributed by atoms with van der Waals surface area (Å²) in [5.74, 6) is -11.7. The first-order valence-electron chi connectivity index (χ1n) is 4.68. The first-order valence-corrected chi connectivity index (χ1v) is 4.68. The zero-order valence-electron chi connectivity index (χ0n) is 8.74. The maximum Gasteiger partial charge on any atom is 0.206 e. The van der Waals surface area contributed by atoms with Gasteiger partial charge in [0.15, 0.2) is 5.75 Å². The van der Waals surface area contributed by atoms with Crippen molar-refractivity contribution < 1.29 is 31.8 Å². The van der Waals surface area contributed by atoms with Crippen molar-refractivity contribution >= 4 is 0 Å². The van der Waals surface area contributed by atoms with Gasteiger partial charge in [0.25, 0.3) is 0 Å². The second-order valence-electron chi connectivity index (χ2n) is 3.39. The molecular formula is C10H9F5O2. The summed E-state index contributed by atoms with van der Waals surface area (Å²) in [5.41, 5.74) is 0. The van der Waals surface area contributed by atoms with Gasteiger partial charge >= 0.3 is 0 Å². The third-order valence-electron chi connectivity index (χ3n) is 1.95. The van der Waals surface area contributed by atoms with Crippen molar-refractivity contribution in [2.24, 2.45) is 0 Å². The lowest BCUT2D eigenvalue weighted by molar-refractivity contribution is 0.150. The molecule has 0 spiro atoms. The van der Waals surface area contributed by atoms with Gasteiger partial charge in [0.2, 0.25) is 29.1 Å². The van der Waals surface area contributed by atoms with Gasteiger partial charge in [-0.15, -0.1) is 0 Å². The average molecular weight is 256 g/mol. The molecule has 0 aliphatic rings. The molecule has 17 heavy (non-hydrogen) atoms. The zero-order valence-corrected chi connectivity index (χ0v) is 8.74. The maximum absolute atomic E-state index is 13.0. The Kier molecular flexibility index (Phi) is 4.28. The minimum Gasteiger partial charge on any atom is -0.487 e. The highest BCUT2D eigenvalue weighted by atomic mass is 19.2. The number of aliphatic hydroxyl groups is 1. The Bertz CT molecular complexity index is 391. The van der Waals surface area contributed by atoms with E-state index >= 15 is 0 Å². The number of aliphatic hydroxyl groups excluding tert-OH is 1. The van der Waals surface area contributed by atoms with Crippen LogP contribution in [0.15, 0.2) is 0 Å². The molecule has 0 aliphatic carbocycles. The summed E-state index contributed by atoms with van der Waals surface area (Å²) in [6, 6.07) is 0. The molecule has 1 atom stereocenters. The molecule has 2 nitrogen and oxygen atoms in total. The monoisotopic (exact) mass is 256 g/mol. The highest BCUT2D eigenvalue weighted by Gasteiger charge is 2.26. The molecule has 1 aromatic rings. The second kappa shape index (κ2) is 5.31. The van der Waals surface area contributed by atoms with Gasteiger partial charge in [0.1, 0.15) is 0 Å². The van der Waals surface area contributed by atoms with Crippen LogP contribution in [0, 0.1) is 29.1 Å². The Morgan fingerprint density at radius 2 is 1.35 bits per heavy atom. The molecule has 7 heteroatoms. The summed E-state index contributed by atoms with van der Waals surface area (Å²) in [6.45, 7) is 1.03. The third kappa shape index (κ3) is 2.85. The molecule has 0 saturated carbocycles. The zero-order chi connectivity index (χ0) is 13.2. The van der Waals surface area contributed by atoms with Crippen molar-refractivity contribution in [3.8, 4) is 5.75 Å². The number of rotatable bonds is 4. The lowest BCUT2D eigenvalue weighted by Gasteiger charge is -2.10. The second-order valence-corrected chi connectivity index (χ2v) is 3.39. The topological polar surface area (TPSA) is 29.5 Å². The first-order chi connectivity index (χ1) is 7.86. The van der Waals surface area contributed by atoms with Crippen LogP contribution >= 0.6 is 0 Å². The third-order valence-corrected chi connectivity index (χ3v) is 1.95. The molecule has 0 radical (unpaired) electrons. The van der Waals surface area contributed by atoms with Crippen LogP contribution < -0.4 is 4.74 Å². The minimum atomic E-state index is -2.23. The van der Waals surface area contributed by atoms with Gasteiger partial charge < -0.3 is 9.84 Å². The van der Waals surface area contributed by atoms with Gasteiger partial charge in [0.05, 0.1) is 12.7 Å². The van der Waals surface area contributed by atoms with Gasteiger partial charge in [-0.2, -0.15) is 8.78 Å². The van der Waals surface area contributed by atoms with Gasteiger partial charge in [0, 0.05) is 6.42 Å². The number of benzene rings is 1. The summed E-state index contributed by atoms with van der Waals surface area (Å²) < 4.78 is 68.5. The van der Waals surface area contributed by atoms with Crippen LogP contribution in [-0.2, 0) is 0 Å². The smallest absolute Gasteiger partial charge is 0.206 e. The van der Waals surface area contributed by atoms with E-state index in [0.717, 1.165) is 0 Å². The summed E-state index contributed by atoms with van der Waals surface area (Å²) >= 11 is 0. The Balaban J connectivity index is 2.99. The van der Waals surface area contributed by atoms with Crippen LogP contribution in [0.4, 0.5) is 22.0 Å². The van der Waals surface area contributed by atoms with Crippen LogP contribution in [0.2, 0.25) is 0 Å². The molecule has 0 amide bonds. The molecule has 1 aromatic carbocycles. The summed E-state index contributed by atoms with van der Waals surface area (Å²) in [4.78, 5) is 0. The lowest BCUT2D eigenvalue weighted by atomic mass is 10.2. The van der Waals surface area contributed by atoms with E-state index in [4.69, 9.17) is 5.11 Å². The average Bonchev–Trinajstić information content (AvgIpc) is 2.28. The fourth-order valence-electron chi connectivity index (χ4n) is 1.04. The lowest BCUT2D eigenvalue weighted by Crippen LogP contribution is -2.11. The molecule has 1 rings (SSSR count). The molecule has 0 saturated heterocycles. The standard InChI is InChI=1S/C10H9F5O2/c1-4(16)2-3-17-10-8(14)6(12)5(11)7(13)9(10)15/h4,16H,2-3H2,1H3. The molecule has 0 fully saturated rings. The van der Waals surface area contributed by atoms with Crippen molar-refractivity contribution in [3.63, 3.8) is 0 Å². The van der Waals surface area contributed by atoms with E-state index in [-0.39, 0.29) is 13.0 Å². The first kappa shape index (κ1) is 13.7. The maximum atomic E-state index is 13.0. The van der Waals surface area contributed by atoms with E-state index in [9.17, 15) is 22.0 Å². The van der Waals surface area contributed by atoms with Crippen molar-refractivity contribution in [1.29, 1.82) is 0 Å². The van der Waals surface area contributed by atoms with Gasteiger partial charge in [-0.05, 0) is 6.92 Å². The highest BCUT2D eigenvalue weighted by Crippen LogP contribution is 2.29. The molecule has 1 N–H and O–H groups in total. The van der Waals surface area contributed by atoms with E-state index in [2.05, 4.69) is 4.74 Å². The highest BCUT2D eigenvalue weighted by molar-refractivity contribution is 5.29. The molecule has 1 unspecified atom stereocenters. The summed E-state index contributed by atoms with van der Waals surface area (Å²) in [6.07, 6.45) is -0.810. The van der Waals surface area contributed by atoms with Crippen LogP contribution in [0.25, 0.3) is 0 Å². The van der Waals surface area contributed by atoms with E-state index in [1.165, 1.54) is 6.92 Å². The van der Waals surface area contributed by atoms with Gasteiger partial charge in [-0.3, -0.25) is 0 Å². The van der Waals surface area contributed by atoms with Crippen molar-refractivity contribution in [2.45, 2.75) is 19.4 Å². The van der Waals surface area contributed by atoms with E-state index in [0.29, 0.717) is 0 Å². The molecule has 0 heterocycles. The summed E-state index contributed by atoms with van der Waals surface area (Å²) in [5, 5.41) is 8.85. The van der Waals surface area contributed by atoms with Crippen molar-refractivity contribution in [2.75, 3.05) is 6.61 Å².